The van der Waals surface area contributed by atoms with Gasteiger partial charge in [0.25, 0.3) is 0 Å². The molecule has 0 amide bonds. The Kier molecular flexibility index (Phi) is 4.77. The lowest BCUT2D eigenvalue weighted by atomic mass is 10.0. The molecule has 0 spiro atoms. The molecule has 1 aliphatic heterocycles. The van der Waals surface area contributed by atoms with Gasteiger partial charge in [-0.05, 0) is 49.9 Å². The standard InChI is InChI=1S/C19H23N5O/c20-10-14-3-5-15(6-4-14)11-21-17-2-1-9-24(12-17)13-18-22-19(25-23-18)16-7-8-16/h3-6,16-17,21H,1-2,7-9,11-13H2. The first-order valence-corrected chi connectivity index (χ1v) is 9.07. The largest absolute Gasteiger partial charge is 0.339 e. The van der Waals surface area contributed by atoms with Gasteiger partial charge in [-0.25, -0.2) is 0 Å². The molecule has 0 bridgehead atoms. The molecule has 130 valence electrons. The molecular formula is C19H23N5O. The third-order valence-electron chi connectivity index (χ3n) is 4.96. The molecule has 2 fully saturated rings. The summed E-state index contributed by atoms with van der Waals surface area (Å²) in [5.41, 5.74) is 1.92. The summed E-state index contributed by atoms with van der Waals surface area (Å²) >= 11 is 0. The zero-order valence-electron chi connectivity index (χ0n) is 14.3. The predicted molar refractivity (Wildman–Crippen MR) is 92.6 cm³/mol. The monoisotopic (exact) mass is 337 g/mol. The summed E-state index contributed by atoms with van der Waals surface area (Å²) in [6.45, 7) is 3.69. The molecule has 2 heterocycles. The van der Waals surface area contributed by atoms with Gasteiger partial charge < -0.3 is 9.84 Å². The summed E-state index contributed by atoms with van der Waals surface area (Å²) in [5, 5.41) is 16.6. The lowest BCUT2D eigenvalue weighted by Gasteiger charge is -2.32. The zero-order chi connectivity index (χ0) is 17.1. The number of aromatic nitrogens is 2. The summed E-state index contributed by atoms with van der Waals surface area (Å²) in [7, 11) is 0. The number of hydrogen-bond donors (Lipinski definition) is 1. The van der Waals surface area contributed by atoms with Crippen molar-refractivity contribution in [1.82, 2.24) is 20.4 Å². The van der Waals surface area contributed by atoms with Gasteiger partial charge in [-0.2, -0.15) is 10.2 Å². The number of rotatable bonds is 6. The zero-order valence-corrected chi connectivity index (χ0v) is 14.3. The van der Waals surface area contributed by atoms with E-state index in [4.69, 9.17) is 9.78 Å². The maximum Gasteiger partial charge on any atom is 0.229 e. The van der Waals surface area contributed by atoms with Crippen molar-refractivity contribution < 1.29 is 4.52 Å². The number of benzene rings is 1. The third kappa shape index (κ3) is 4.25. The fraction of sp³-hybridized carbons (Fsp3) is 0.526. The highest BCUT2D eigenvalue weighted by molar-refractivity contribution is 5.31. The van der Waals surface area contributed by atoms with Crippen LogP contribution in [0.5, 0.6) is 0 Å². The van der Waals surface area contributed by atoms with Crippen molar-refractivity contribution in [2.24, 2.45) is 0 Å². The van der Waals surface area contributed by atoms with Crippen LogP contribution < -0.4 is 5.32 Å². The van der Waals surface area contributed by atoms with Crippen LogP contribution in [0.1, 0.15) is 54.4 Å². The molecule has 2 aromatic rings. The highest BCUT2D eigenvalue weighted by Gasteiger charge is 2.30. The summed E-state index contributed by atoms with van der Waals surface area (Å²) in [5.74, 6) is 2.15. The van der Waals surface area contributed by atoms with Gasteiger partial charge in [0.1, 0.15) is 0 Å². The van der Waals surface area contributed by atoms with Crippen molar-refractivity contribution in [2.45, 2.75) is 50.7 Å². The van der Waals surface area contributed by atoms with Crippen molar-refractivity contribution in [3.8, 4) is 6.07 Å². The number of nitriles is 1. The molecule has 1 saturated heterocycles. The fourth-order valence-corrected chi connectivity index (χ4v) is 3.35. The first kappa shape index (κ1) is 16.2. The van der Waals surface area contributed by atoms with Crippen LogP contribution in [0, 0.1) is 11.3 Å². The van der Waals surface area contributed by atoms with Gasteiger partial charge in [0.2, 0.25) is 5.89 Å². The first-order valence-electron chi connectivity index (χ1n) is 9.07. The van der Waals surface area contributed by atoms with Crippen LogP contribution in [-0.4, -0.2) is 34.2 Å². The van der Waals surface area contributed by atoms with Gasteiger partial charge in [-0.1, -0.05) is 17.3 Å². The number of hydrogen-bond acceptors (Lipinski definition) is 6. The van der Waals surface area contributed by atoms with Crippen LogP contribution in [-0.2, 0) is 13.1 Å². The topological polar surface area (TPSA) is 78.0 Å². The predicted octanol–water partition coefficient (Wildman–Crippen LogP) is 2.57. The Morgan fingerprint density at radius 1 is 1.24 bits per heavy atom. The van der Waals surface area contributed by atoms with E-state index in [0.717, 1.165) is 37.9 Å². The molecule has 6 nitrogen and oxygen atoms in total. The van der Waals surface area contributed by atoms with Crippen LogP contribution in [0.25, 0.3) is 0 Å². The Labute approximate surface area is 147 Å². The minimum atomic E-state index is 0.471. The minimum Gasteiger partial charge on any atom is -0.339 e. The van der Waals surface area contributed by atoms with Crippen LogP contribution in [0.15, 0.2) is 28.8 Å². The van der Waals surface area contributed by atoms with Crippen LogP contribution in [0.3, 0.4) is 0 Å². The van der Waals surface area contributed by atoms with Crippen molar-refractivity contribution in [3.63, 3.8) is 0 Å². The van der Waals surface area contributed by atoms with Gasteiger partial charge in [0, 0.05) is 25.0 Å². The van der Waals surface area contributed by atoms with Crippen LogP contribution in [0.2, 0.25) is 0 Å². The Bertz CT molecular complexity index is 744. The summed E-state index contributed by atoms with van der Waals surface area (Å²) in [6, 6.07) is 10.4. The summed E-state index contributed by atoms with van der Waals surface area (Å²) in [6.07, 6.45) is 4.74. The van der Waals surface area contributed by atoms with E-state index < -0.39 is 0 Å². The van der Waals surface area contributed by atoms with Gasteiger partial charge in [0.15, 0.2) is 5.82 Å². The van der Waals surface area contributed by atoms with E-state index >= 15 is 0 Å². The van der Waals surface area contributed by atoms with Crippen molar-refractivity contribution in [1.29, 1.82) is 5.26 Å². The lowest BCUT2D eigenvalue weighted by molar-refractivity contribution is 0.177. The van der Waals surface area contributed by atoms with Gasteiger partial charge in [-0.15, -0.1) is 0 Å². The molecule has 1 aromatic carbocycles. The van der Waals surface area contributed by atoms with E-state index in [0.29, 0.717) is 17.5 Å². The van der Waals surface area contributed by atoms with Gasteiger partial charge in [-0.3, -0.25) is 4.90 Å². The van der Waals surface area contributed by atoms with Crippen molar-refractivity contribution in [3.05, 3.63) is 47.1 Å². The third-order valence-corrected chi connectivity index (χ3v) is 4.96. The number of nitrogens with one attached hydrogen (secondary N) is 1. The molecule has 25 heavy (non-hydrogen) atoms. The highest BCUT2D eigenvalue weighted by atomic mass is 16.5. The number of nitrogens with zero attached hydrogens (tertiary/aromatic N) is 4. The van der Waals surface area contributed by atoms with E-state index in [-0.39, 0.29) is 0 Å². The summed E-state index contributed by atoms with van der Waals surface area (Å²) in [4.78, 5) is 6.94. The SMILES string of the molecule is N#Cc1ccc(CNC2CCCN(Cc3noc(C4CC4)n3)C2)cc1. The van der Waals surface area contributed by atoms with E-state index in [2.05, 4.69) is 26.4 Å². The molecule has 1 unspecified atom stereocenters. The van der Waals surface area contributed by atoms with Crippen molar-refractivity contribution >= 4 is 0 Å². The number of likely N-dealkylation sites (tertiary alicyclic amines) is 1. The molecule has 4 rings (SSSR count). The second kappa shape index (κ2) is 7.34. The van der Waals surface area contributed by atoms with E-state index in [9.17, 15) is 0 Å². The molecule has 0 radical (unpaired) electrons. The summed E-state index contributed by atoms with van der Waals surface area (Å²) < 4.78 is 5.35. The molecule has 1 N–H and O–H groups in total. The van der Waals surface area contributed by atoms with Crippen molar-refractivity contribution in [2.75, 3.05) is 13.1 Å². The molecule has 1 aromatic heterocycles. The van der Waals surface area contributed by atoms with Crippen LogP contribution >= 0.6 is 0 Å². The fourth-order valence-electron chi connectivity index (χ4n) is 3.35. The lowest BCUT2D eigenvalue weighted by Crippen LogP contribution is -2.45. The average Bonchev–Trinajstić information content (AvgIpc) is 3.40. The molecule has 1 atom stereocenters. The highest BCUT2D eigenvalue weighted by Crippen LogP contribution is 2.38. The quantitative estimate of drug-likeness (QED) is 0.873. The van der Waals surface area contributed by atoms with Gasteiger partial charge in [0.05, 0.1) is 18.2 Å². The number of piperidine rings is 1. The first-order chi connectivity index (χ1) is 12.3. The van der Waals surface area contributed by atoms with E-state index in [1.54, 1.807) is 0 Å². The van der Waals surface area contributed by atoms with E-state index in [1.165, 1.54) is 31.2 Å². The van der Waals surface area contributed by atoms with Gasteiger partial charge >= 0.3 is 0 Å². The molecule has 6 heteroatoms. The van der Waals surface area contributed by atoms with E-state index in [1.807, 2.05) is 24.3 Å². The Balaban J connectivity index is 1.27. The molecule has 2 aliphatic rings. The Hall–Kier alpha value is -2.23. The second-order valence-corrected chi connectivity index (χ2v) is 7.09. The maximum atomic E-state index is 8.86. The molecule has 1 aliphatic carbocycles. The maximum absolute atomic E-state index is 8.86. The minimum absolute atomic E-state index is 0.471. The molecular weight excluding hydrogens is 314 g/mol. The second-order valence-electron chi connectivity index (χ2n) is 7.09. The Morgan fingerprint density at radius 3 is 2.84 bits per heavy atom. The Morgan fingerprint density at radius 2 is 2.08 bits per heavy atom. The molecule has 1 saturated carbocycles. The smallest absolute Gasteiger partial charge is 0.229 e. The van der Waals surface area contributed by atoms with Crippen LogP contribution in [0.4, 0.5) is 0 Å². The average molecular weight is 337 g/mol. The normalized spacial score (nSPS) is 21.2.